The predicted octanol–water partition coefficient (Wildman–Crippen LogP) is 8.79. The molecular formula is C29H42O3. The lowest BCUT2D eigenvalue weighted by atomic mass is 9.99. The molecule has 0 aliphatic carbocycles. The second kappa shape index (κ2) is 14.7. The van der Waals surface area contributed by atoms with Gasteiger partial charge in [0.05, 0.1) is 5.92 Å². The van der Waals surface area contributed by atoms with Crippen molar-refractivity contribution in [3.63, 3.8) is 0 Å². The SMILES string of the molecule is C=C1C=C(C)c2ccc(OC(=O)C(/C=C\CCCCCCCC)CCCCCC)cc2O1. The first-order valence-electron chi connectivity index (χ1n) is 12.6. The number of ether oxygens (including phenoxy) is 2. The summed E-state index contributed by atoms with van der Waals surface area (Å²) in [6.07, 6.45) is 20.4. The highest BCUT2D eigenvalue weighted by atomic mass is 16.5. The molecule has 1 atom stereocenters. The number of carbonyl (C=O) groups is 1. The maximum Gasteiger partial charge on any atom is 0.318 e. The van der Waals surface area contributed by atoms with Gasteiger partial charge in [-0.05, 0) is 50.0 Å². The molecule has 0 saturated carbocycles. The Hall–Kier alpha value is -2.29. The zero-order valence-corrected chi connectivity index (χ0v) is 20.5. The summed E-state index contributed by atoms with van der Waals surface area (Å²) in [5.41, 5.74) is 2.10. The van der Waals surface area contributed by atoms with Gasteiger partial charge in [-0.25, -0.2) is 0 Å². The number of unbranched alkanes of at least 4 members (excludes halogenated alkanes) is 9. The molecule has 0 N–H and O–H groups in total. The highest BCUT2D eigenvalue weighted by Crippen LogP contribution is 2.35. The van der Waals surface area contributed by atoms with Gasteiger partial charge in [0.1, 0.15) is 17.3 Å². The molecule has 1 unspecified atom stereocenters. The fraction of sp³-hybridized carbons (Fsp3) is 0.552. The van der Waals surface area contributed by atoms with Gasteiger partial charge in [0.2, 0.25) is 0 Å². The van der Waals surface area contributed by atoms with Gasteiger partial charge in [0.15, 0.2) is 0 Å². The van der Waals surface area contributed by atoms with E-state index >= 15 is 0 Å². The van der Waals surface area contributed by atoms with E-state index in [1.165, 1.54) is 51.4 Å². The van der Waals surface area contributed by atoms with Crippen molar-refractivity contribution in [2.45, 2.75) is 97.8 Å². The lowest BCUT2D eigenvalue weighted by molar-refractivity contribution is -0.137. The normalized spacial score (nSPS) is 14.1. The van der Waals surface area contributed by atoms with Crippen LogP contribution in [0.25, 0.3) is 5.57 Å². The first-order valence-corrected chi connectivity index (χ1v) is 12.6. The summed E-state index contributed by atoms with van der Waals surface area (Å²) in [5, 5.41) is 0. The van der Waals surface area contributed by atoms with Gasteiger partial charge in [-0.3, -0.25) is 4.79 Å². The lowest BCUT2D eigenvalue weighted by Crippen LogP contribution is -2.19. The molecule has 0 radical (unpaired) electrons. The summed E-state index contributed by atoms with van der Waals surface area (Å²) in [5.74, 6) is 1.45. The van der Waals surface area contributed by atoms with Crippen LogP contribution in [0.2, 0.25) is 0 Å². The zero-order valence-electron chi connectivity index (χ0n) is 20.5. The summed E-state index contributed by atoms with van der Waals surface area (Å²) in [4.78, 5) is 13.0. The molecule has 1 aromatic carbocycles. The Morgan fingerprint density at radius 2 is 1.72 bits per heavy atom. The van der Waals surface area contributed by atoms with Crippen LogP contribution in [0.1, 0.15) is 103 Å². The van der Waals surface area contributed by atoms with Crippen LogP contribution in [0, 0.1) is 5.92 Å². The highest BCUT2D eigenvalue weighted by Gasteiger charge is 2.20. The van der Waals surface area contributed by atoms with Crippen LogP contribution in [0.3, 0.4) is 0 Å². The summed E-state index contributed by atoms with van der Waals surface area (Å²) in [6, 6.07) is 5.59. The van der Waals surface area contributed by atoms with Crippen LogP contribution < -0.4 is 9.47 Å². The third-order valence-corrected chi connectivity index (χ3v) is 5.98. The van der Waals surface area contributed by atoms with E-state index in [0.29, 0.717) is 17.3 Å². The van der Waals surface area contributed by atoms with Crippen molar-refractivity contribution in [2.24, 2.45) is 5.92 Å². The van der Waals surface area contributed by atoms with Crippen molar-refractivity contribution in [3.8, 4) is 11.5 Å². The second-order valence-corrected chi connectivity index (χ2v) is 8.92. The number of allylic oxidation sites excluding steroid dienone is 3. The molecule has 3 nitrogen and oxygen atoms in total. The highest BCUT2D eigenvalue weighted by molar-refractivity contribution is 5.78. The Bertz CT molecular complexity index is 788. The molecule has 32 heavy (non-hydrogen) atoms. The Morgan fingerprint density at radius 3 is 2.47 bits per heavy atom. The Kier molecular flexibility index (Phi) is 11.9. The molecule has 3 heteroatoms. The fourth-order valence-electron chi connectivity index (χ4n) is 4.04. The largest absolute Gasteiger partial charge is 0.457 e. The topological polar surface area (TPSA) is 35.5 Å². The van der Waals surface area contributed by atoms with Crippen molar-refractivity contribution in [2.75, 3.05) is 0 Å². The van der Waals surface area contributed by atoms with Crippen molar-refractivity contribution < 1.29 is 14.3 Å². The van der Waals surface area contributed by atoms with E-state index in [1.54, 1.807) is 6.07 Å². The predicted molar refractivity (Wildman–Crippen MR) is 135 cm³/mol. The maximum atomic E-state index is 13.0. The van der Waals surface area contributed by atoms with E-state index < -0.39 is 0 Å². The second-order valence-electron chi connectivity index (χ2n) is 8.92. The maximum absolute atomic E-state index is 13.0. The third-order valence-electron chi connectivity index (χ3n) is 5.98. The summed E-state index contributed by atoms with van der Waals surface area (Å²) in [6.45, 7) is 10.4. The zero-order chi connectivity index (χ0) is 23.2. The number of fused-ring (bicyclic) bond motifs is 1. The number of hydrogen-bond acceptors (Lipinski definition) is 3. The van der Waals surface area contributed by atoms with Crippen LogP contribution in [0.4, 0.5) is 0 Å². The summed E-state index contributed by atoms with van der Waals surface area (Å²) in [7, 11) is 0. The number of rotatable bonds is 15. The van der Waals surface area contributed by atoms with Gasteiger partial charge < -0.3 is 9.47 Å². The first kappa shape index (κ1) is 26.0. The van der Waals surface area contributed by atoms with Gasteiger partial charge in [0.25, 0.3) is 0 Å². The summed E-state index contributed by atoms with van der Waals surface area (Å²) < 4.78 is 11.5. The monoisotopic (exact) mass is 438 g/mol. The molecule has 0 saturated heterocycles. The number of benzene rings is 1. The smallest absolute Gasteiger partial charge is 0.318 e. The molecule has 1 aliphatic heterocycles. The van der Waals surface area contributed by atoms with E-state index in [1.807, 2.05) is 25.1 Å². The number of hydrogen-bond donors (Lipinski definition) is 0. The van der Waals surface area contributed by atoms with Crippen LogP contribution in [-0.4, -0.2) is 5.97 Å². The molecular weight excluding hydrogens is 396 g/mol. The first-order chi connectivity index (χ1) is 15.5. The molecule has 0 amide bonds. The quantitative estimate of drug-likeness (QED) is 0.119. The minimum atomic E-state index is -0.194. The molecule has 0 fully saturated rings. The van der Waals surface area contributed by atoms with Crippen LogP contribution in [-0.2, 0) is 4.79 Å². The standard InChI is InChI=1S/C29H42O3/c1-5-7-9-11-12-13-14-16-18-25(17-15-10-8-6-2)29(30)32-26-19-20-27-23(3)21-24(4)31-28(27)22-26/h16,18-22,25H,4-15,17H2,1-3H3/b18-16-. The van der Waals surface area contributed by atoms with Crippen molar-refractivity contribution in [1.82, 2.24) is 0 Å². The van der Waals surface area contributed by atoms with Gasteiger partial charge in [-0.15, -0.1) is 0 Å². The fourth-order valence-corrected chi connectivity index (χ4v) is 4.04. The van der Waals surface area contributed by atoms with E-state index in [2.05, 4.69) is 32.6 Å². The van der Waals surface area contributed by atoms with Crippen LogP contribution >= 0.6 is 0 Å². The molecule has 1 heterocycles. The van der Waals surface area contributed by atoms with Gasteiger partial charge in [0, 0.05) is 11.6 Å². The van der Waals surface area contributed by atoms with Crippen LogP contribution in [0.5, 0.6) is 11.5 Å². The molecule has 2 rings (SSSR count). The Labute approximate surface area is 195 Å². The van der Waals surface area contributed by atoms with Gasteiger partial charge >= 0.3 is 5.97 Å². The molecule has 1 aliphatic rings. The van der Waals surface area contributed by atoms with Gasteiger partial charge in [-0.2, -0.15) is 0 Å². The van der Waals surface area contributed by atoms with Crippen molar-refractivity contribution >= 4 is 11.5 Å². The third kappa shape index (κ3) is 9.06. The van der Waals surface area contributed by atoms with E-state index in [4.69, 9.17) is 9.47 Å². The van der Waals surface area contributed by atoms with E-state index in [-0.39, 0.29) is 11.9 Å². The minimum absolute atomic E-state index is 0.178. The van der Waals surface area contributed by atoms with Gasteiger partial charge in [-0.1, -0.05) is 90.4 Å². The number of esters is 1. The molecule has 0 bridgehead atoms. The number of carbonyl (C=O) groups excluding carboxylic acids is 1. The van der Waals surface area contributed by atoms with E-state index in [9.17, 15) is 4.79 Å². The molecule has 0 aromatic heterocycles. The lowest BCUT2D eigenvalue weighted by Gasteiger charge is -2.19. The van der Waals surface area contributed by atoms with Crippen LogP contribution in [0.15, 0.2) is 48.8 Å². The minimum Gasteiger partial charge on any atom is -0.457 e. The van der Waals surface area contributed by atoms with Crippen molar-refractivity contribution in [3.05, 3.63) is 54.3 Å². The van der Waals surface area contributed by atoms with Crippen molar-refractivity contribution in [1.29, 1.82) is 0 Å². The molecule has 176 valence electrons. The Balaban J connectivity index is 1.93. The average Bonchev–Trinajstić information content (AvgIpc) is 2.76. The summed E-state index contributed by atoms with van der Waals surface area (Å²) >= 11 is 0. The average molecular weight is 439 g/mol. The Morgan fingerprint density at radius 1 is 1.03 bits per heavy atom. The molecule has 1 aromatic rings. The molecule has 0 spiro atoms. The van der Waals surface area contributed by atoms with E-state index in [0.717, 1.165) is 36.8 Å².